The number of aryl methyl sites for hydroxylation is 1. The molecule has 8 heteroatoms. The highest BCUT2D eigenvalue weighted by Crippen LogP contribution is 2.23. The minimum absolute atomic E-state index is 0.293. The second-order valence-electron chi connectivity index (χ2n) is 5.34. The van der Waals surface area contributed by atoms with Crippen molar-refractivity contribution < 1.29 is 18.8 Å². The molecule has 0 radical (unpaired) electrons. The van der Waals surface area contributed by atoms with E-state index in [0.717, 1.165) is 5.69 Å². The van der Waals surface area contributed by atoms with Gasteiger partial charge in [-0.15, -0.1) is 11.3 Å². The van der Waals surface area contributed by atoms with Crippen LogP contribution in [0.15, 0.2) is 46.6 Å². The summed E-state index contributed by atoms with van der Waals surface area (Å²) in [6, 6.07) is 7.17. The Kier molecular flexibility index (Phi) is 4.99. The number of ether oxygens (including phenoxy) is 1. The number of amides is 1. The molecule has 7 nitrogen and oxygen atoms in total. The van der Waals surface area contributed by atoms with Gasteiger partial charge in [0.15, 0.2) is 11.9 Å². The number of nitrogens with one attached hydrogen (secondary N) is 1. The molecule has 0 spiro atoms. The summed E-state index contributed by atoms with van der Waals surface area (Å²) in [6.07, 6.45) is 3.12. The molecular formula is C17H17N3O4S. The van der Waals surface area contributed by atoms with E-state index in [2.05, 4.69) is 10.5 Å². The van der Waals surface area contributed by atoms with E-state index in [-0.39, 0.29) is 0 Å². The maximum atomic E-state index is 12.5. The van der Waals surface area contributed by atoms with Gasteiger partial charge in [0.2, 0.25) is 0 Å². The normalized spacial score (nSPS) is 11.9. The summed E-state index contributed by atoms with van der Waals surface area (Å²) < 4.78 is 12.1. The third-order valence-electron chi connectivity index (χ3n) is 3.50. The number of hydrogen-bond donors (Lipinski definition) is 1. The van der Waals surface area contributed by atoms with Gasteiger partial charge < -0.3 is 19.1 Å². The molecule has 3 aromatic heterocycles. The quantitative estimate of drug-likeness (QED) is 0.682. The van der Waals surface area contributed by atoms with Crippen LogP contribution in [0, 0.1) is 6.92 Å². The summed E-state index contributed by atoms with van der Waals surface area (Å²) in [6.45, 7) is 3.49. The molecule has 1 N–H and O–H groups in total. The van der Waals surface area contributed by atoms with Gasteiger partial charge in [-0.25, -0.2) is 4.79 Å². The molecule has 0 bridgehead atoms. The number of aromatic nitrogens is 2. The first-order valence-corrected chi connectivity index (χ1v) is 8.62. The summed E-state index contributed by atoms with van der Waals surface area (Å²) in [7, 11) is 0. The van der Waals surface area contributed by atoms with Gasteiger partial charge in [0.25, 0.3) is 5.91 Å². The maximum Gasteiger partial charge on any atom is 0.351 e. The number of thiophene rings is 1. The number of carbonyl (C=O) groups is 2. The van der Waals surface area contributed by atoms with E-state index in [9.17, 15) is 9.59 Å². The summed E-state index contributed by atoms with van der Waals surface area (Å²) in [4.78, 5) is 25.3. The molecule has 3 aromatic rings. The lowest BCUT2D eigenvalue weighted by Crippen LogP contribution is -2.32. The molecule has 1 amide bonds. The number of carbonyl (C=O) groups excluding carboxylic acids is 2. The molecule has 25 heavy (non-hydrogen) atoms. The van der Waals surface area contributed by atoms with Crippen molar-refractivity contribution in [3.63, 3.8) is 0 Å². The number of hydrogen-bond acceptors (Lipinski definition) is 6. The van der Waals surface area contributed by atoms with Gasteiger partial charge in [-0.2, -0.15) is 0 Å². The van der Waals surface area contributed by atoms with Gasteiger partial charge in [-0.3, -0.25) is 4.79 Å². The molecule has 0 aromatic carbocycles. The van der Waals surface area contributed by atoms with E-state index in [1.807, 2.05) is 40.5 Å². The van der Waals surface area contributed by atoms with Gasteiger partial charge in [0.1, 0.15) is 10.6 Å². The monoisotopic (exact) mass is 359 g/mol. The Balaban J connectivity index is 1.70. The predicted octanol–water partition coefficient (Wildman–Crippen LogP) is 3.41. The summed E-state index contributed by atoms with van der Waals surface area (Å²) in [5.41, 5.74) is 0.724. The van der Waals surface area contributed by atoms with Gasteiger partial charge in [-0.1, -0.05) is 12.1 Å². The maximum absolute atomic E-state index is 12.5. The molecule has 3 rings (SSSR count). The molecule has 3 heterocycles. The first kappa shape index (κ1) is 17.0. The lowest BCUT2D eigenvalue weighted by molar-refractivity contribution is -0.124. The lowest BCUT2D eigenvalue weighted by atomic mass is 10.2. The minimum Gasteiger partial charge on any atom is -0.448 e. The molecule has 1 atom stereocenters. The van der Waals surface area contributed by atoms with Crippen LogP contribution in [0.3, 0.4) is 0 Å². The van der Waals surface area contributed by atoms with Crippen molar-refractivity contribution in [2.75, 3.05) is 5.32 Å². The molecule has 1 unspecified atom stereocenters. The van der Waals surface area contributed by atoms with Crippen molar-refractivity contribution in [3.8, 4) is 5.69 Å². The van der Waals surface area contributed by atoms with Crippen LogP contribution in [0.25, 0.3) is 5.69 Å². The highest BCUT2D eigenvalue weighted by atomic mass is 32.1. The molecule has 0 saturated heterocycles. The Morgan fingerprint density at radius 2 is 2.16 bits per heavy atom. The zero-order valence-electron chi connectivity index (χ0n) is 13.8. The number of rotatable bonds is 6. The van der Waals surface area contributed by atoms with Crippen molar-refractivity contribution >= 4 is 29.0 Å². The summed E-state index contributed by atoms with van der Waals surface area (Å²) in [5.74, 6) is -0.100. The van der Waals surface area contributed by atoms with Crippen LogP contribution < -0.4 is 5.32 Å². The minimum atomic E-state index is -0.913. The third-order valence-corrected chi connectivity index (χ3v) is 4.39. The van der Waals surface area contributed by atoms with Crippen molar-refractivity contribution in [1.29, 1.82) is 0 Å². The second-order valence-corrected chi connectivity index (χ2v) is 6.26. The molecule has 0 fully saturated rings. The standard InChI is InChI=1S/C17H17N3O4S/c1-3-13(16(21)18-14-10-11(2)24-19-14)23-17(22)15-12(6-9-25-15)20-7-4-5-8-20/h4-10,13H,3H2,1-2H3,(H,18,19,21). The van der Waals surface area contributed by atoms with Crippen molar-refractivity contribution in [1.82, 2.24) is 9.72 Å². The van der Waals surface area contributed by atoms with E-state index in [4.69, 9.17) is 9.26 Å². The van der Waals surface area contributed by atoms with Crippen molar-refractivity contribution in [2.24, 2.45) is 0 Å². The predicted molar refractivity (Wildman–Crippen MR) is 93.0 cm³/mol. The van der Waals surface area contributed by atoms with Crippen LogP contribution in [0.5, 0.6) is 0 Å². The fourth-order valence-corrected chi connectivity index (χ4v) is 3.06. The second kappa shape index (κ2) is 7.35. The van der Waals surface area contributed by atoms with Gasteiger partial charge in [-0.05, 0) is 36.9 Å². The zero-order chi connectivity index (χ0) is 17.8. The Morgan fingerprint density at radius 3 is 2.80 bits per heavy atom. The summed E-state index contributed by atoms with van der Waals surface area (Å²) >= 11 is 1.27. The fourth-order valence-electron chi connectivity index (χ4n) is 2.29. The van der Waals surface area contributed by atoms with Gasteiger partial charge in [0.05, 0.1) is 5.69 Å². The van der Waals surface area contributed by atoms with Gasteiger partial charge in [0, 0.05) is 18.5 Å². The van der Waals surface area contributed by atoms with Crippen molar-refractivity contribution in [3.05, 3.63) is 52.7 Å². The SMILES string of the molecule is CCC(OC(=O)c1sccc1-n1cccc1)C(=O)Nc1cc(C)on1. The number of anilines is 1. The molecule has 0 saturated carbocycles. The zero-order valence-corrected chi connectivity index (χ0v) is 14.6. The number of nitrogens with zero attached hydrogens (tertiary/aromatic N) is 2. The van der Waals surface area contributed by atoms with Crippen LogP contribution in [-0.2, 0) is 9.53 Å². The van der Waals surface area contributed by atoms with Crippen LogP contribution in [0.2, 0.25) is 0 Å². The Labute approximate surface area is 148 Å². The lowest BCUT2D eigenvalue weighted by Gasteiger charge is -2.15. The Hall–Kier alpha value is -2.87. The average Bonchev–Trinajstić information content (AvgIpc) is 3.32. The molecule has 0 aliphatic rings. The van der Waals surface area contributed by atoms with Crippen LogP contribution in [0.4, 0.5) is 5.82 Å². The molecule has 0 aliphatic heterocycles. The van der Waals surface area contributed by atoms with Crippen LogP contribution >= 0.6 is 11.3 Å². The van der Waals surface area contributed by atoms with E-state index in [0.29, 0.717) is 22.9 Å². The molecular weight excluding hydrogens is 342 g/mol. The van der Waals surface area contributed by atoms with Crippen LogP contribution in [-0.4, -0.2) is 27.7 Å². The Bertz CT molecular complexity index is 866. The first-order chi connectivity index (χ1) is 12.1. The first-order valence-electron chi connectivity index (χ1n) is 7.74. The molecule has 130 valence electrons. The Morgan fingerprint density at radius 1 is 1.40 bits per heavy atom. The van der Waals surface area contributed by atoms with Gasteiger partial charge >= 0.3 is 5.97 Å². The fraction of sp³-hybridized carbons (Fsp3) is 0.235. The van der Waals surface area contributed by atoms with Crippen molar-refractivity contribution in [2.45, 2.75) is 26.4 Å². The summed E-state index contributed by atoms with van der Waals surface area (Å²) in [5, 5.41) is 8.10. The third kappa shape index (κ3) is 3.80. The van der Waals surface area contributed by atoms with E-state index < -0.39 is 18.0 Å². The average molecular weight is 359 g/mol. The smallest absolute Gasteiger partial charge is 0.351 e. The van der Waals surface area contributed by atoms with E-state index in [1.165, 1.54) is 11.3 Å². The largest absolute Gasteiger partial charge is 0.448 e. The topological polar surface area (TPSA) is 86.4 Å². The van der Waals surface area contributed by atoms with E-state index >= 15 is 0 Å². The highest BCUT2D eigenvalue weighted by Gasteiger charge is 2.25. The van der Waals surface area contributed by atoms with E-state index in [1.54, 1.807) is 19.9 Å². The van der Waals surface area contributed by atoms with Crippen LogP contribution in [0.1, 0.15) is 28.8 Å². The molecule has 0 aliphatic carbocycles. The highest BCUT2D eigenvalue weighted by molar-refractivity contribution is 7.12. The number of esters is 1.